The third-order valence-corrected chi connectivity index (χ3v) is 3.79. The molecule has 18 heavy (non-hydrogen) atoms. The van der Waals surface area contributed by atoms with Crippen molar-refractivity contribution < 1.29 is 10.2 Å². The van der Waals surface area contributed by atoms with E-state index in [1.807, 2.05) is 35.0 Å². The first kappa shape index (κ1) is 13.0. The lowest BCUT2D eigenvalue weighted by Gasteiger charge is -2.05. The zero-order chi connectivity index (χ0) is 13.0. The molecule has 94 valence electrons. The maximum Gasteiger partial charge on any atom is 0.102 e. The largest absolute Gasteiger partial charge is 0.394 e. The minimum atomic E-state index is -0.697. The molecule has 0 aromatic carbocycles. The molecule has 0 radical (unpaired) electrons. The molecule has 2 aromatic rings. The maximum atomic E-state index is 9.26. The lowest BCUT2D eigenvalue weighted by Crippen LogP contribution is -2.14. The fourth-order valence-electron chi connectivity index (χ4n) is 1.77. The zero-order valence-electron chi connectivity index (χ0n) is 9.78. The van der Waals surface area contributed by atoms with Crippen LogP contribution in [-0.2, 0) is 5.75 Å². The Balaban J connectivity index is 2.16. The van der Waals surface area contributed by atoms with E-state index in [1.54, 1.807) is 0 Å². The Kier molecular flexibility index (Phi) is 4.26. The van der Waals surface area contributed by atoms with Gasteiger partial charge >= 0.3 is 0 Å². The first-order chi connectivity index (χ1) is 8.76. The number of rotatable bonds is 5. The van der Waals surface area contributed by atoms with Gasteiger partial charge in [0, 0.05) is 23.9 Å². The van der Waals surface area contributed by atoms with Crippen LogP contribution in [0.4, 0.5) is 0 Å². The number of hydrogen-bond acceptors (Lipinski definition) is 4. The molecule has 0 spiro atoms. The van der Waals surface area contributed by atoms with E-state index < -0.39 is 6.10 Å². The van der Waals surface area contributed by atoms with Gasteiger partial charge in [0.1, 0.15) is 6.07 Å². The third-order valence-electron chi connectivity index (χ3n) is 2.65. The van der Waals surface area contributed by atoms with Crippen molar-refractivity contribution in [2.45, 2.75) is 11.9 Å². The van der Waals surface area contributed by atoms with E-state index in [1.165, 1.54) is 11.8 Å². The van der Waals surface area contributed by atoms with Crippen LogP contribution in [-0.4, -0.2) is 33.1 Å². The van der Waals surface area contributed by atoms with Crippen molar-refractivity contribution in [2.75, 3.05) is 12.4 Å². The Hall–Kier alpha value is -1.48. The standard InChI is InChI=1S/C13H14N2O2S/c14-5-12-10(8-18-9-11(17)7-16)6-15-4-2-1-3-13(12)15/h1-4,6,11,16-17H,7-9H2. The summed E-state index contributed by atoms with van der Waals surface area (Å²) in [6.45, 7) is -0.226. The van der Waals surface area contributed by atoms with E-state index in [9.17, 15) is 10.4 Å². The lowest BCUT2D eigenvalue weighted by atomic mass is 10.2. The highest BCUT2D eigenvalue weighted by Gasteiger charge is 2.10. The molecule has 2 aromatic heterocycles. The average Bonchev–Trinajstić information content (AvgIpc) is 2.75. The molecule has 0 aliphatic heterocycles. The molecular weight excluding hydrogens is 248 g/mol. The second-order valence-corrected chi connectivity index (χ2v) is 5.02. The summed E-state index contributed by atoms with van der Waals surface area (Å²) in [5.74, 6) is 1.12. The number of thioether (sulfide) groups is 1. The van der Waals surface area contributed by atoms with Crippen LogP contribution in [0.15, 0.2) is 30.6 Å². The monoisotopic (exact) mass is 262 g/mol. The van der Waals surface area contributed by atoms with Crippen LogP contribution in [0.3, 0.4) is 0 Å². The molecule has 1 atom stereocenters. The maximum absolute atomic E-state index is 9.26. The summed E-state index contributed by atoms with van der Waals surface area (Å²) in [5.41, 5.74) is 2.54. The summed E-state index contributed by atoms with van der Waals surface area (Å²) < 4.78 is 1.93. The van der Waals surface area contributed by atoms with E-state index in [-0.39, 0.29) is 6.61 Å². The van der Waals surface area contributed by atoms with Gasteiger partial charge in [0.25, 0.3) is 0 Å². The number of fused-ring (bicyclic) bond motifs is 1. The topological polar surface area (TPSA) is 68.7 Å². The lowest BCUT2D eigenvalue weighted by molar-refractivity contribution is 0.113. The quantitative estimate of drug-likeness (QED) is 0.854. The highest BCUT2D eigenvalue weighted by Crippen LogP contribution is 2.22. The van der Waals surface area contributed by atoms with E-state index in [4.69, 9.17) is 5.11 Å². The van der Waals surface area contributed by atoms with Crippen molar-refractivity contribution in [2.24, 2.45) is 0 Å². The molecule has 1 unspecified atom stereocenters. The van der Waals surface area contributed by atoms with E-state index >= 15 is 0 Å². The summed E-state index contributed by atoms with van der Waals surface area (Å²) in [5, 5.41) is 27.2. The first-order valence-corrected chi connectivity index (χ1v) is 6.77. The van der Waals surface area contributed by atoms with Crippen molar-refractivity contribution >= 4 is 17.3 Å². The average molecular weight is 262 g/mol. The molecule has 0 saturated carbocycles. The first-order valence-electron chi connectivity index (χ1n) is 5.61. The second kappa shape index (κ2) is 5.91. The zero-order valence-corrected chi connectivity index (χ0v) is 10.6. The Labute approximate surface area is 109 Å². The predicted molar refractivity (Wildman–Crippen MR) is 71.4 cm³/mol. The molecule has 0 bridgehead atoms. The molecule has 0 aliphatic rings. The molecule has 2 rings (SSSR count). The normalized spacial score (nSPS) is 12.5. The summed E-state index contributed by atoms with van der Waals surface area (Å²) in [7, 11) is 0. The molecule has 0 saturated heterocycles. The Morgan fingerprint density at radius 1 is 1.44 bits per heavy atom. The van der Waals surface area contributed by atoms with Gasteiger partial charge in [-0.3, -0.25) is 0 Å². The SMILES string of the molecule is N#Cc1c(CSCC(O)CO)cn2ccccc12. The summed E-state index contributed by atoms with van der Waals surface area (Å²) in [6, 6.07) is 7.96. The molecular formula is C13H14N2O2S. The highest BCUT2D eigenvalue weighted by atomic mass is 32.2. The van der Waals surface area contributed by atoms with Crippen LogP contribution in [0.5, 0.6) is 0 Å². The minimum absolute atomic E-state index is 0.226. The summed E-state index contributed by atoms with van der Waals surface area (Å²) >= 11 is 1.51. The van der Waals surface area contributed by atoms with E-state index in [0.717, 1.165) is 11.1 Å². The van der Waals surface area contributed by atoms with Gasteiger partial charge in [-0.1, -0.05) is 6.07 Å². The fourth-order valence-corrected chi connectivity index (χ4v) is 2.71. The molecule has 2 heterocycles. The van der Waals surface area contributed by atoms with Crippen LogP contribution in [0, 0.1) is 11.3 Å². The number of pyridine rings is 1. The summed E-state index contributed by atoms with van der Waals surface area (Å²) in [4.78, 5) is 0. The number of nitrogens with zero attached hydrogens (tertiary/aromatic N) is 2. The summed E-state index contributed by atoms with van der Waals surface area (Å²) in [6.07, 6.45) is 3.15. The molecule has 0 amide bonds. The predicted octanol–water partition coefficient (Wildman–Crippen LogP) is 1.40. The second-order valence-electron chi connectivity index (χ2n) is 3.99. The molecule has 2 N–H and O–H groups in total. The Morgan fingerprint density at radius 2 is 2.28 bits per heavy atom. The van der Waals surface area contributed by atoms with Gasteiger partial charge in [0.05, 0.1) is 23.8 Å². The molecule has 4 nitrogen and oxygen atoms in total. The van der Waals surface area contributed by atoms with Gasteiger partial charge < -0.3 is 14.6 Å². The smallest absolute Gasteiger partial charge is 0.102 e. The van der Waals surface area contributed by atoms with Crippen molar-refractivity contribution in [3.63, 3.8) is 0 Å². The van der Waals surface area contributed by atoms with Crippen LogP contribution >= 0.6 is 11.8 Å². The van der Waals surface area contributed by atoms with Gasteiger partial charge in [0.15, 0.2) is 0 Å². The number of aliphatic hydroxyl groups excluding tert-OH is 2. The number of aliphatic hydroxyl groups is 2. The van der Waals surface area contributed by atoms with E-state index in [2.05, 4.69) is 6.07 Å². The minimum Gasteiger partial charge on any atom is -0.394 e. The van der Waals surface area contributed by atoms with Gasteiger partial charge in [-0.05, 0) is 17.7 Å². The van der Waals surface area contributed by atoms with E-state index in [0.29, 0.717) is 17.1 Å². The van der Waals surface area contributed by atoms with Gasteiger partial charge in [-0.2, -0.15) is 17.0 Å². The van der Waals surface area contributed by atoms with Crippen molar-refractivity contribution in [3.8, 4) is 6.07 Å². The number of hydrogen-bond donors (Lipinski definition) is 2. The fraction of sp³-hybridized carbons (Fsp3) is 0.308. The van der Waals surface area contributed by atoms with Gasteiger partial charge in [-0.25, -0.2) is 0 Å². The van der Waals surface area contributed by atoms with Crippen LogP contribution < -0.4 is 0 Å². The van der Waals surface area contributed by atoms with Crippen LogP contribution in [0.2, 0.25) is 0 Å². The van der Waals surface area contributed by atoms with Crippen molar-refractivity contribution in [1.29, 1.82) is 5.26 Å². The molecule has 0 fully saturated rings. The van der Waals surface area contributed by atoms with Crippen molar-refractivity contribution in [1.82, 2.24) is 4.40 Å². The Bertz CT molecular complexity index is 574. The van der Waals surface area contributed by atoms with Crippen molar-refractivity contribution in [3.05, 3.63) is 41.7 Å². The molecule has 5 heteroatoms. The van der Waals surface area contributed by atoms with Crippen LogP contribution in [0.1, 0.15) is 11.1 Å². The van der Waals surface area contributed by atoms with Gasteiger partial charge in [0.2, 0.25) is 0 Å². The highest BCUT2D eigenvalue weighted by molar-refractivity contribution is 7.98. The molecule has 0 aliphatic carbocycles. The number of aromatic nitrogens is 1. The van der Waals surface area contributed by atoms with Crippen LogP contribution in [0.25, 0.3) is 5.52 Å². The van der Waals surface area contributed by atoms with Gasteiger partial charge in [-0.15, -0.1) is 0 Å². The Morgan fingerprint density at radius 3 is 3.00 bits per heavy atom. The third kappa shape index (κ3) is 2.67. The number of nitriles is 1.